The van der Waals surface area contributed by atoms with E-state index in [0.29, 0.717) is 26.1 Å². The van der Waals surface area contributed by atoms with Gasteiger partial charge in [0.1, 0.15) is 11.6 Å². The first kappa shape index (κ1) is 20.5. The average molecular weight is 370 g/mol. The van der Waals surface area contributed by atoms with Gasteiger partial charge in [-0.15, -0.1) is 0 Å². The highest BCUT2D eigenvalue weighted by Gasteiger charge is 2.39. The van der Waals surface area contributed by atoms with Crippen molar-refractivity contribution in [3.8, 4) is 0 Å². The van der Waals surface area contributed by atoms with Crippen molar-refractivity contribution in [2.45, 2.75) is 70.6 Å². The summed E-state index contributed by atoms with van der Waals surface area (Å²) in [4.78, 5) is 40.1. The summed E-state index contributed by atoms with van der Waals surface area (Å²) in [7, 11) is 0. The third-order valence-corrected chi connectivity index (χ3v) is 4.59. The van der Waals surface area contributed by atoms with Gasteiger partial charge >= 0.3 is 12.1 Å². The van der Waals surface area contributed by atoms with Gasteiger partial charge in [-0.2, -0.15) is 0 Å². The molecule has 8 heteroatoms. The van der Waals surface area contributed by atoms with E-state index in [1.165, 1.54) is 4.90 Å². The van der Waals surface area contributed by atoms with Gasteiger partial charge in [0.2, 0.25) is 5.91 Å². The van der Waals surface area contributed by atoms with E-state index in [4.69, 9.17) is 14.6 Å². The summed E-state index contributed by atoms with van der Waals surface area (Å²) in [5, 5.41) is 9.11. The predicted octanol–water partition coefficient (Wildman–Crippen LogP) is 1.87. The maximum absolute atomic E-state index is 13.2. The standard InChI is InChI=1S/C18H30N2O6/c1-18(2,3)26-17(24)20-8-6-4-5-7-14(20)16(23)19-9-10-25-12-13(19)11-15(21)22/h13-14H,4-12H2,1-3H3,(H,21,22). The van der Waals surface area contributed by atoms with Gasteiger partial charge in [-0.25, -0.2) is 4.79 Å². The van der Waals surface area contributed by atoms with E-state index in [1.807, 2.05) is 0 Å². The molecule has 2 unspecified atom stereocenters. The van der Waals surface area contributed by atoms with Crippen LogP contribution in [-0.2, 0) is 19.1 Å². The van der Waals surface area contributed by atoms with Crippen molar-refractivity contribution in [3.05, 3.63) is 0 Å². The normalized spacial score (nSPS) is 24.7. The molecule has 148 valence electrons. The topological polar surface area (TPSA) is 96.4 Å². The molecule has 0 radical (unpaired) electrons. The first-order valence-electron chi connectivity index (χ1n) is 9.28. The van der Waals surface area contributed by atoms with E-state index in [-0.39, 0.29) is 18.9 Å². The Kier molecular flexibility index (Phi) is 6.86. The quantitative estimate of drug-likeness (QED) is 0.815. The maximum atomic E-state index is 13.2. The Morgan fingerprint density at radius 2 is 1.85 bits per heavy atom. The molecule has 0 aromatic heterocycles. The van der Waals surface area contributed by atoms with E-state index in [2.05, 4.69) is 0 Å². The number of likely N-dealkylation sites (tertiary alicyclic amines) is 1. The van der Waals surface area contributed by atoms with Crippen LogP contribution in [0.5, 0.6) is 0 Å². The SMILES string of the molecule is CC(C)(C)OC(=O)N1CCCCCC1C(=O)N1CCOCC1CC(=O)O. The number of amides is 2. The molecular formula is C18H30N2O6. The predicted molar refractivity (Wildman–Crippen MR) is 93.8 cm³/mol. The number of ether oxygens (including phenoxy) is 2. The average Bonchev–Trinajstić information content (AvgIpc) is 2.78. The first-order valence-corrected chi connectivity index (χ1v) is 9.28. The fourth-order valence-corrected chi connectivity index (χ4v) is 3.41. The summed E-state index contributed by atoms with van der Waals surface area (Å²) in [5.41, 5.74) is -0.637. The third-order valence-electron chi connectivity index (χ3n) is 4.59. The molecule has 2 saturated heterocycles. The van der Waals surface area contributed by atoms with Gasteiger partial charge in [-0.3, -0.25) is 14.5 Å². The number of hydrogen-bond acceptors (Lipinski definition) is 5. The number of carbonyl (C=O) groups excluding carboxylic acids is 2. The number of hydrogen-bond donors (Lipinski definition) is 1. The summed E-state index contributed by atoms with van der Waals surface area (Å²) in [6.07, 6.45) is 2.54. The van der Waals surface area contributed by atoms with Crippen molar-refractivity contribution in [1.29, 1.82) is 0 Å². The molecule has 0 aromatic carbocycles. The largest absolute Gasteiger partial charge is 0.481 e. The fourth-order valence-electron chi connectivity index (χ4n) is 3.41. The van der Waals surface area contributed by atoms with Crippen molar-refractivity contribution >= 4 is 18.0 Å². The van der Waals surface area contributed by atoms with Crippen LogP contribution in [-0.4, -0.2) is 76.9 Å². The van der Waals surface area contributed by atoms with Crippen LogP contribution in [0.3, 0.4) is 0 Å². The van der Waals surface area contributed by atoms with E-state index in [0.717, 1.165) is 19.3 Å². The highest BCUT2D eigenvalue weighted by atomic mass is 16.6. The van der Waals surface area contributed by atoms with Crippen LogP contribution in [0, 0.1) is 0 Å². The molecule has 2 aliphatic heterocycles. The summed E-state index contributed by atoms with van der Waals surface area (Å²) >= 11 is 0. The Bertz CT molecular complexity index is 530. The molecule has 0 bridgehead atoms. The minimum Gasteiger partial charge on any atom is -0.481 e. The first-order chi connectivity index (χ1) is 12.2. The lowest BCUT2D eigenvalue weighted by Crippen LogP contribution is -2.57. The van der Waals surface area contributed by atoms with Gasteiger partial charge in [0.05, 0.1) is 25.7 Å². The summed E-state index contributed by atoms with van der Waals surface area (Å²) in [5.74, 6) is -1.17. The molecule has 8 nitrogen and oxygen atoms in total. The summed E-state index contributed by atoms with van der Waals surface area (Å²) < 4.78 is 10.8. The van der Waals surface area contributed by atoms with Crippen molar-refractivity contribution in [1.82, 2.24) is 9.80 Å². The number of nitrogens with zero attached hydrogens (tertiary/aromatic N) is 2. The van der Waals surface area contributed by atoms with Crippen LogP contribution in [0.1, 0.15) is 52.9 Å². The van der Waals surface area contributed by atoms with Crippen LogP contribution in [0.2, 0.25) is 0 Å². The number of rotatable bonds is 3. The van der Waals surface area contributed by atoms with E-state index in [1.54, 1.807) is 25.7 Å². The molecule has 0 spiro atoms. The molecule has 0 aromatic rings. The third kappa shape index (κ3) is 5.59. The molecule has 0 aliphatic carbocycles. The van der Waals surface area contributed by atoms with Crippen molar-refractivity contribution in [2.24, 2.45) is 0 Å². The Labute approximate surface area is 154 Å². The van der Waals surface area contributed by atoms with Crippen molar-refractivity contribution in [2.75, 3.05) is 26.3 Å². The molecule has 2 fully saturated rings. The lowest BCUT2D eigenvalue weighted by molar-refractivity contribution is -0.150. The number of aliphatic carboxylic acids is 1. The zero-order valence-electron chi connectivity index (χ0n) is 15.9. The molecule has 1 N–H and O–H groups in total. The van der Waals surface area contributed by atoms with Crippen LogP contribution >= 0.6 is 0 Å². The van der Waals surface area contributed by atoms with E-state index < -0.39 is 29.7 Å². The zero-order valence-corrected chi connectivity index (χ0v) is 15.9. The highest BCUT2D eigenvalue weighted by Crippen LogP contribution is 2.23. The molecular weight excluding hydrogens is 340 g/mol. The smallest absolute Gasteiger partial charge is 0.410 e. The minimum absolute atomic E-state index is 0.162. The second-order valence-electron chi connectivity index (χ2n) is 7.90. The molecule has 2 heterocycles. The lowest BCUT2D eigenvalue weighted by atomic mass is 10.1. The van der Waals surface area contributed by atoms with Gasteiger partial charge in [0.15, 0.2) is 0 Å². The van der Waals surface area contributed by atoms with E-state index >= 15 is 0 Å². The van der Waals surface area contributed by atoms with Crippen molar-refractivity contribution in [3.63, 3.8) is 0 Å². The molecule has 2 amide bonds. The second kappa shape index (κ2) is 8.70. The Morgan fingerprint density at radius 1 is 1.12 bits per heavy atom. The lowest BCUT2D eigenvalue weighted by Gasteiger charge is -2.39. The summed E-state index contributed by atoms with van der Waals surface area (Å²) in [6, 6.07) is -1.11. The van der Waals surface area contributed by atoms with Crippen LogP contribution in [0.25, 0.3) is 0 Å². The number of morpholine rings is 1. The van der Waals surface area contributed by atoms with Crippen LogP contribution in [0.15, 0.2) is 0 Å². The fraction of sp³-hybridized carbons (Fsp3) is 0.833. The summed E-state index contributed by atoms with van der Waals surface area (Å²) in [6.45, 7) is 6.78. The van der Waals surface area contributed by atoms with Crippen LogP contribution < -0.4 is 0 Å². The highest BCUT2D eigenvalue weighted by molar-refractivity contribution is 5.86. The van der Waals surface area contributed by atoms with Gasteiger partial charge in [0, 0.05) is 13.1 Å². The maximum Gasteiger partial charge on any atom is 0.410 e. The van der Waals surface area contributed by atoms with Gasteiger partial charge < -0.3 is 19.5 Å². The van der Waals surface area contributed by atoms with Gasteiger partial charge in [0.25, 0.3) is 0 Å². The second-order valence-corrected chi connectivity index (χ2v) is 7.90. The zero-order chi connectivity index (χ0) is 19.3. The Morgan fingerprint density at radius 3 is 2.50 bits per heavy atom. The minimum atomic E-state index is -0.969. The van der Waals surface area contributed by atoms with E-state index in [9.17, 15) is 14.4 Å². The van der Waals surface area contributed by atoms with Gasteiger partial charge in [-0.05, 0) is 33.6 Å². The Balaban J connectivity index is 2.18. The molecule has 2 atom stereocenters. The monoisotopic (exact) mass is 370 g/mol. The molecule has 2 rings (SSSR count). The number of carboxylic acids is 1. The molecule has 26 heavy (non-hydrogen) atoms. The Hall–Kier alpha value is -1.83. The number of carboxylic acid groups (broad SMARTS) is 1. The van der Waals surface area contributed by atoms with Gasteiger partial charge in [-0.1, -0.05) is 12.8 Å². The van der Waals surface area contributed by atoms with Crippen molar-refractivity contribution < 1.29 is 29.0 Å². The molecule has 0 saturated carbocycles. The molecule has 2 aliphatic rings. The number of carbonyl (C=O) groups is 3. The van der Waals surface area contributed by atoms with Crippen LogP contribution in [0.4, 0.5) is 4.79 Å².